The smallest absolute Gasteiger partial charge is 0.339 e. The Balaban J connectivity index is 1.28. The molecule has 1 aliphatic heterocycles. The average Bonchev–Trinajstić information content (AvgIpc) is 3.52. The van der Waals surface area contributed by atoms with Crippen molar-refractivity contribution in [3.63, 3.8) is 0 Å². The minimum Gasteiger partial charge on any atom is -0.493 e. The van der Waals surface area contributed by atoms with Gasteiger partial charge in [-0.2, -0.15) is 0 Å². The maximum atomic E-state index is 12.2. The Kier molecular flexibility index (Phi) is 6.87. The number of likely N-dealkylation sites (tertiary alicyclic amines) is 1. The number of hydrogen-bond acceptors (Lipinski definition) is 8. The highest BCUT2D eigenvalue weighted by Crippen LogP contribution is 2.32. The SMILES string of the molecule is CCOC(=O)c1csc2cc(Nc3ncnc4cc(OCCCN5CCCC5)ccc34)ccc12. The molecule has 5 rings (SSSR count). The maximum absolute atomic E-state index is 12.2. The largest absolute Gasteiger partial charge is 0.493 e. The highest BCUT2D eigenvalue weighted by molar-refractivity contribution is 7.17. The molecule has 0 aliphatic carbocycles. The summed E-state index contributed by atoms with van der Waals surface area (Å²) in [4.78, 5) is 23.5. The van der Waals surface area contributed by atoms with Crippen LogP contribution in [-0.4, -0.2) is 53.7 Å². The van der Waals surface area contributed by atoms with Crippen molar-refractivity contribution in [2.45, 2.75) is 26.2 Å². The molecule has 0 radical (unpaired) electrons. The highest BCUT2D eigenvalue weighted by Gasteiger charge is 2.14. The van der Waals surface area contributed by atoms with E-state index in [1.54, 1.807) is 6.33 Å². The van der Waals surface area contributed by atoms with Crippen LogP contribution in [0.15, 0.2) is 48.1 Å². The summed E-state index contributed by atoms with van der Waals surface area (Å²) in [5.41, 5.74) is 2.33. The second-order valence-electron chi connectivity index (χ2n) is 8.36. The lowest BCUT2D eigenvalue weighted by Gasteiger charge is -2.14. The summed E-state index contributed by atoms with van der Waals surface area (Å²) in [6.07, 6.45) is 5.22. The molecular weight excluding hydrogens is 448 g/mol. The number of nitrogens with zero attached hydrogens (tertiary/aromatic N) is 3. The Bertz CT molecular complexity index is 1300. The minimum atomic E-state index is -0.287. The predicted molar refractivity (Wildman–Crippen MR) is 136 cm³/mol. The van der Waals surface area contributed by atoms with Gasteiger partial charge in [0.15, 0.2) is 0 Å². The first kappa shape index (κ1) is 22.6. The number of hydrogen-bond donors (Lipinski definition) is 1. The molecule has 7 nitrogen and oxygen atoms in total. The first-order chi connectivity index (χ1) is 16.7. The Morgan fingerprint density at radius 1 is 1.12 bits per heavy atom. The number of rotatable bonds is 9. The fraction of sp³-hybridized carbons (Fsp3) is 0.346. The van der Waals surface area contributed by atoms with Crippen molar-refractivity contribution < 1.29 is 14.3 Å². The lowest BCUT2D eigenvalue weighted by molar-refractivity contribution is 0.0529. The molecule has 2 aromatic carbocycles. The summed E-state index contributed by atoms with van der Waals surface area (Å²) in [5.74, 6) is 1.27. The van der Waals surface area contributed by atoms with Crippen LogP contribution in [-0.2, 0) is 4.74 Å². The number of aromatic nitrogens is 2. The number of ether oxygens (including phenoxy) is 2. The molecule has 0 unspecified atom stereocenters. The van der Waals surface area contributed by atoms with Crippen LogP contribution in [0.5, 0.6) is 5.75 Å². The van der Waals surface area contributed by atoms with Crippen molar-refractivity contribution in [1.29, 1.82) is 0 Å². The van der Waals surface area contributed by atoms with Crippen molar-refractivity contribution in [3.8, 4) is 5.75 Å². The lowest BCUT2D eigenvalue weighted by atomic mass is 10.1. The fourth-order valence-electron chi connectivity index (χ4n) is 4.32. The van der Waals surface area contributed by atoms with E-state index in [-0.39, 0.29) is 5.97 Å². The summed E-state index contributed by atoms with van der Waals surface area (Å²) in [6.45, 7) is 6.41. The van der Waals surface area contributed by atoms with E-state index in [1.807, 2.05) is 48.7 Å². The van der Waals surface area contributed by atoms with Gasteiger partial charge in [0, 0.05) is 39.2 Å². The number of thiophene rings is 1. The molecule has 3 heterocycles. The van der Waals surface area contributed by atoms with Gasteiger partial charge in [0.2, 0.25) is 0 Å². The molecule has 0 amide bonds. The average molecular weight is 477 g/mol. The van der Waals surface area contributed by atoms with Crippen LogP contribution in [0.3, 0.4) is 0 Å². The minimum absolute atomic E-state index is 0.287. The summed E-state index contributed by atoms with van der Waals surface area (Å²) in [5, 5.41) is 7.06. The van der Waals surface area contributed by atoms with Gasteiger partial charge in [-0.3, -0.25) is 0 Å². The van der Waals surface area contributed by atoms with Crippen LogP contribution >= 0.6 is 11.3 Å². The molecule has 8 heteroatoms. The highest BCUT2D eigenvalue weighted by atomic mass is 32.1. The van der Waals surface area contributed by atoms with Gasteiger partial charge in [0.1, 0.15) is 17.9 Å². The van der Waals surface area contributed by atoms with Crippen LogP contribution in [0.2, 0.25) is 0 Å². The van der Waals surface area contributed by atoms with Crippen molar-refractivity contribution >= 4 is 49.8 Å². The molecule has 0 saturated carbocycles. The zero-order valence-corrected chi connectivity index (χ0v) is 20.1. The summed E-state index contributed by atoms with van der Waals surface area (Å²) >= 11 is 1.52. The molecular formula is C26H28N4O3S. The normalized spacial score (nSPS) is 14.0. The topological polar surface area (TPSA) is 76.6 Å². The van der Waals surface area contributed by atoms with Crippen molar-refractivity contribution in [1.82, 2.24) is 14.9 Å². The van der Waals surface area contributed by atoms with E-state index in [2.05, 4.69) is 20.2 Å². The van der Waals surface area contributed by atoms with E-state index >= 15 is 0 Å². The van der Waals surface area contributed by atoms with Gasteiger partial charge in [-0.15, -0.1) is 11.3 Å². The standard InChI is InChI=1S/C26H28N4O3S/c1-2-32-26(31)22-16-34-24-14-18(6-8-20(22)24)29-25-21-9-7-19(15-23(21)27-17-28-25)33-13-5-12-30-10-3-4-11-30/h6-9,14-17H,2-5,10-13H2,1H3,(H,27,28,29). The zero-order valence-electron chi connectivity index (χ0n) is 19.3. The van der Waals surface area contributed by atoms with E-state index in [9.17, 15) is 4.79 Å². The lowest BCUT2D eigenvalue weighted by Crippen LogP contribution is -2.21. The Hall–Kier alpha value is -3.23. The summed E-state index contributed by atoms with van der Waals surface area (Å²) in [7, 11) is 0. The van der Waals surface area contributed by atoms with Crippen LogP contribution in [0.25, 0.3) is 21.0 Å². The van der Waals surface area contributed by atoms with Crippen molar-refractivity contribution in [3.05, 3.63) is 53.7 Å². The van der Waals surface area contributed by atoms with E-state index in [0.717, 1.165) is 51.2 Å². The van der Waals surface area contributed by atoms with Crippen LogP contribution < -0.4 is 10.1 Å². The maximum Gasteiger partial charge on any atom is 0.339 e. The Morgan fingerprint density at radius 3 is 2.82 bits per heavy atom. The van der Waals surface area contributed by atoms with Gasteiger partial charge in [-0.1, -0.05) is 6.07 Å². The quantitative estimate of drug-likeness (QED) is 0.248. The number of carbonyl (C=O) groups is 1. The number of esters is 1. The van der Waals surface area contributed by atoms with Gasteiger partial charge in [0.05, 0.1) is 24.3 Å². The van der Waals surface area contributed by atoms with Crippen LogP contribution in [0, 0.1) is 0 Å². The number of anilines is 2. The monoisotopic (exact) mass is 476 g/mol. The Labute approximate surface area is 202 Å². The first-order valence-corrected chi connectivity index (χ1v) is 12.6. The third-order valence-electron chi connectivity index (χ3n) is 6.03. The van der Waals surface area contributed by atoms with Crippen molar-refractivity contribution in [2.75, 3.05) is 38.2 Å². The third-order valence-corrected chi connectivity index (χ3v) is 6.97. The molecule has 1 aliphatic rings. The zero-order chi connectivity index (χ0) is 23.3. The van der Waals surface area contributed by atoms with E-state index in [1.165, 1.54) is 37.3 Å². The van der Waals surface area contributed by atoms with E-state index < -0.39 is 0 Å². The molecule has 176 valence electrons. The number of fused-ring (bicyclic) bond motifs is 2. The Morgan fingerprint density at radius 2 is 1.97 bits per heavy atom. The molecule has 1 N–H and O–H groups in total. The predicted octanol–water partition coefficient (Wildman–Crippen LogP) is 5.63. The molecule has 34 heavy (non-hydrogen) atoms. The third kappa shape index (κ3) is 4.98. The van der Waals surface area contributed by atoms with Gasteiger partial charge in [0.25, 0.3) is 0 Å². The van der Waals surface area contributed by atoms with Crippen molar-refractivity contribution in [2.24, 2.45) is 0 Å². The number of carbonyl (C=O) groups excluding carboxylic acids is 1. The molecule has 0 bridgehead atoms. The molecule has 0 atom stereocenters. The van der Waals surface area contributed by atoms with Gasteiger partial charge >= 0.3 is 5.97 Å². The van der Waals surface area contributed by atoms with E-state index in [0.29, 0.717) is 18.8 Å². The van der Waals surface area contributed by atoms with Gasteiger partial charge < -0.3 is 19.7 Å². The second kappa shape index (κ2) is 10.4. The van der Waals surface area contributed by atoms with E-state index in [4.69, 9.17) is 9.47 Å². The number of benzene rings is 2. The number of nitrogens with one attached hydrogen (secondary N) is 1. The molecule has 2 aromatic heterocycles. The molecule has 0 spiro atoms. The molecule has 1 fully saturated rings. The molecule has 1 saturated heterocycles. The molecule has 4 aromatic rings. The fourth-order valence-corrected chi connectivity index (χ4v) is 5.29. The van der Waals surface area contributed by atoms with Gasteiger partial charge in [-0.25, -0.2) is 14.8 Å². The first-order valence-electron chi connectivity index (χ1n) is 11.8. The van der Waals surface area contributed by atoms with Gasteiger partial charge in [-0.05, 0) is 63.5 Å². The van der Waals surface area contributed by atoms with Crippen LogP contribution in [0.4, 0.5) is 11.5 Å². The summed E-state index contributed by atoms with van der Waals surface area (Å²) in [6, 6.07) is 11.8. The summed E-state index contributed by atoms with van der Waals surface area (Å²) < 4.78 is 12.1. The second-order valence-corrected chi connectivity index (χ2v) is 9.27. The van der Waals surface area contributed by atoms with Crippen LogP contribution in [0.1, 0.15) is 36.5 Å².